The number of hydrogen-bond donors (Lipinski definition) is 0. The van der Waals surface area contributed by atoms with Gasteiger partial charge in [-0.25, -0.2) is 8.42 Å². The van der Waals surface area contributed by atoms with Gasteiger partial charge in [-0.05, 0) is 42.7 Å². The molecule has 142 valence electrons. The molecule has 0 bridgehead atoms. The highest BCUT2D eigenvalue weighted by molar-refractivity contribution is 8.13. The van der Waals surface area contributed by atoms with E-state index in [1.807, 2.05) is 24.3 Å². The molecule has 0 amide bonds. The lowest BCUT2D eigenvalue weighted by molar-refractivity contribution is 0.601. The zero-order chi connectivity index (χ0) is 19.2. The van der Waals surface area contributed by atoms with Gasteiger partial charge < -0.3 is 4.90 Å². The summed E-state index contributed by atoms with van der Waals surface area (Å²) in [5, 5.41) is 1.62. The number of nitrogens with zero attached hydrogens (tertiary/aromatic N) is 2. The van der Waals surface area contributed by atoms with Crippen LogP contribution in [0.25, 0.3) is 0 Å². The minimum atomic E-state index is -3.05. The monoisotopic (exact) mass is 420 g/mol. The van der Waals surface area contributed by atoms with Crippen molar-refractivity contribution in [3.63, 3.8) is 0 Å². The molecule has 1 saturated heterocycles. The summed E-state index contributed by atoms with van der Waals surface area (Å²) >= 11 is 7.92. The molecule has 0 aliphatic carbocycles. The van der Waals surface area contributed by atoms with Crippen LogP contribution in [0.3, 0.4) is 0 Å². The number of benzene rings is 2. The van der Waals surface area contributed by atoms with Crippen LogP contribution in [-0.4, -0.2) is 37.2 Å². The van der Waals surface area contributed by atoms with Crippen molar-refractivity contribution in [3.05, 3.63) is 64.2 Å². The summed E-state index contributed by atoms with van der Waals surface area (Å²) in [5.74, 6) is 0.992. The topological polar surface area (TPSA) is 49.7 Å². The van der Waals surface area contributed by atoms with E-state index in [0.29, 0.717) is 5.75 Å². The molecule has 0 N–H and O–H groups in total. The fourth-order valence-electron chi connectivity index (χ4n) is 3.65. The standard InChI is InChI=1S/C20H21ClN2O2S2/c1-13-7-8-14(2)18(9-13)23-19-12-27(24,25)11-17(19)22-20(23)26-10-15-5-3-4-6-16(15)21/h3-9,17,19H,10-12H2,1-2H3/t17-,19-/m1/s1. The molecule has 4 rings (SSSR count). The number of hydrogen-bond acceptors (Lipinski definition) is 5. The van der Waals surface area contributed by atoms with Crippen LogP contribution >= 0.6 is 23.4 Å². The van der Waals surface area contributed by atoms with Gasteiger partial charge in [0.05, 0.1) is 23.6 Å². The van der Waals surface area contributed by atoms with Crippen LogP contribution in [-0.2, 0) is 15.6 Å². The number of anilines is 1. The summed E-state index contributed by atoms with van der Waals surface area (Å²) in [7, 11) is -3.05. The lowest BCUT2D eigenvalue weighted by atomic mass is 10.1. The highest BCUT2D eigenvalue weighted by Crippen LogP contribution is 2.38. The second-order valence-electron chi connectivity index (χ2n) is 7.16. The summed E-state index contributed by atoms with van der Waals surface area (Å²) in [4.78, 5) is 6.94. The van der Waals surface area contributed by atoms with Crippen molar-refractivity contribution in [2.75, 3.05) is 16.4 Å². The highest BCUT2D eigenvalue weighted by atomic mass is 35.5. The average Bonchev–Trinajstić information content (AvgIpc) is 3.07. The van der Waals surface area contributed by atoms with Crippen LogP contribution in [0.4, 0.5) is 5.69 Å². The molecule has 2 aliphatic heterocycles. The minimum Gasteiger partial charge on any atom is -0.315 e. The number of aliphatic imine (C=N–C) groups is 1. The molecular weight excluding hydrogens is 400 g/mol. The fourth-order valence-corrected chi connectivity index (χ4v) is 6.90. The largest absolute Gasteiger partial charge is 0.315 e. The molecule has 7 heteroatoms. The Kier molecular flexibility index (Phi) is 4.99. The van der Waals surface area contributed by atoms with E-state index < -0.39 is 9.84 Å². The molecule has 0 spiro atoms. The maximum Gasteiger partial charge on any atom is 0.164 e. The third-order valence-corrected chi connectivity index (χ3v) is 8.13. The van der Waals surface area contributed by atoms with Crippen molar-refractivity contribution < 1.29 is 8.42 Å². The zero-order valence-electron chi connectivity index (χ0n) is 15.2. The molecule has 2 aromatic rings. The maximum absolute atomic E-state index is 12.2. The molecule has 4 nitrogen and oxygen atoms in total. The molecule has 1 fully saturated rings. The Morgan fingerprint density at radius 2 is 1.96 bits per heavy atom. The lowest BCUT2D eigenvalue weighted by Gasteiger charge is -2.28. The van der Waals surface area contributed by atoms with Gasteiger partial charge in [0.1, 0.15) is 0 Å². The molecule has 2 aliphatic rings. The first-order valence-electron chi connectivity index (χ1n) is 8.85. The Bertz CT molecular complexity index is 1020. The van der Waals surface area contributed by atoms with Crippen LogP contribution in [0.1, 0.15) is 16.7 Å². The molecule has 2 aromatic carbocycles. The van der Waals surface area contributed by atoms with E-state index in [0.717, 1.165) is 32.6 Å². The zero-order valence-corrected chi connectivity index (χ0v) is 17.6. The quantitative estimate of drug-likeness (QED) is 0.745. The van der Waals surface area contributed by atoms with Crippen molar-refractivity contribution in [1.82, 2.24) is 0 Å². The number of amidine groups is 1. The van der Waals surface area contributed by atoms with Gasteiger partial charge >= 0.3 is 0 Å². The average molecular weight is 421 g/mol. The van der Waals surface area contributed by atoms with E-state index in [4.69, 9.17) is 16.6 Å². The highest BCUT2D eigenvalue weighted by Gasteiger charge is 2.47. The van der Waals surface area contributed by atoms with Crippen molar-refractivity contribution in [2.45, 2.75) is 31.7 Å². The van der Waals surface area contributed by atoms with Crippen molar-refractivity contribution in [2.24, 2.45) is 4.99 Å². The SMILES string of the molecule is Cc1ccc(C)c(N2C(SCc3ccccc3Cl)=N[C@@H]3CS(=O)(=O)C[C@H]32)c1. The lowest BCUT2D eigenvalue weighted by Crippen LogP contribution is -2.39. The molecule has 0 aromatic heterocycles. The van der Waals surface area contributed by atoms with E-state index in [2.05, 4.69) is 36.9 Å². The van der Waals surface area contributed by atoms with E-state index in [1.54, 1.807) is 11.8 Å². The predicted octanol–water partition coefficient (Wildman–Crippen LogP) is 4.23. The van der Waals surface area contributed by atoms with Crippen LogP contribution in [0, 0.1) is 13.8 Å². The fraction of sp³-hybridized carbons (Fsp3) is 0.350. The van der Waals surface area contributed by atoms with Gasteiger partial charge in [-0.1, -0.05) is 53.7 Å². The Labute approximate surface area is 169 Å². The van der Waals surface area contributed by atoms with Gasteiger partial charge in [0.15, 0.2) is 15.0 Å². The van der Waals surface area contributed by atoms with Crippen molar-refractivity contribution >= 4 is 44.1 Å². The molecule has 2 heterocycles. The summed E-state index contributed by atoms with van der Waals surface area (Å²) in [5.41, 5.74) is 4.37. The third-order valence-electron chi connectivity index (χ3n) is 5.05. The summed E-state index contributed by atoms with van der Waals surface area (Å²) in [6, 6.07) is 13.8. The van der Waals surface area contributed by atoms with E-state index >= 15 is 0 Å². The van der Waals surface area contributed by atoms with Gasteiger partial charge in [0.2, 0.25) is 0 Å². The number of rotatable bonds is 3. The van der Waals surface area contributed by atoms with Crippen molar-refractivity contribution in [3.8, 4) is 0 Å². The smallest absolute Gasteiger partial charge is 0.164 e. The van der Waals surface area contributed by atoms with Crippen LogP contribution < -0.4 is 4.90 Å². The Morgan fingerprint density at radius 1 is 1.19 bits per heavy atom. The van der Waals surface area contributed by atoms with Crippen LogP contribution in [0.2, 0.25) is 5.02 Å². The molecule has 0 unspecified atom stereocenters. The third kappa shape index (κ3) is 3.75. The Balaban J connectivity index is 1.68. The predicted molar refractivity (Wildman–Crippen MR) is 115 cm³/mol. The number of halogens is 1. The first-order valence-corrected chi connectivity index (χ1v) is 12.0. The molecule has 0 saturated carbocycles. The Morgan fingerprint density at radius 3 is 2.74 bits per heavy atom. The van der Waals surface area contributed by atoms with Crippen LogP contribution in [0.15, 0.2) is 47.5 Å². The molecular formula is C20H21ClN2O2S2. The maximum atomic E-state index is 12.2. The van der Waals surface area contributed by atoms with E-state index in [1.165, 1.54) is 0 Å². The van der Waals surface area contributed by atoms with Gasteiger partial charge in [0.25, 0.3) is 0 Å². The summed E-state index contributed by atoms with van der Waals surface area (Å²) < 4.78 is 24.4. The van der Waals surface area contributed by atoms with E-state index in [-0.39, 0.29) is 23.6 Å². The second kappa shape index (κ2) is 7.15. The van der Waals surface area contributed by atoms with Crippen LogP contribution in [0.5, 0.6) is 0 Å². The minimum absolute atomic E-state index is 0.121. The first-order chi connectivity index (χ1) is 12.8. The first kappa shape index (κ1) is 18.8. The van der Waals surface area contributed by atoms with Gasteiger partial charge in [-0.2, -0.15) is 0 Å². The normalized spacial score (nSPS) is 23.4. The summed E-state index contributed by atoms with van der Waals surface area (Å²) in [6.07, 6.45) is 0. The van der Waals surface area contributed by atoms with Gasteiger partial charge in [0, 0.05) is 16.5 Å². The number of fused-ring (bicyclic) bond motifs is 1. The second-order valence-corrected chi connectivity index (χ2v) is 10.7. The van der Waals surface area contributed by atoms with E-state index in [9.17, 15) is 8.42 Å². The number of aryl methyl sites for hydroxylation is 2. The molecule has 2 atom stereocenters. The number of thioether (sulfide) groups is 1. The number of sulfone groups is 1. The molecule has 27 heavy (non-hydrogen) atoms. The van der Waals surface area contributed by atoms with Gasteiger partial charge in [-0.15, -0.1) is 0 Å². The van der Waals surface area contributed by atoms with Crippen molar-refractivity contribution in [1.29, 1.82) is 0 Å². The Hall–Kier alpha value is -1.50. The summed E-state index contributed by atoms with van der Waals surface area (Å²) in [6.45, 7) is 4.11. The van der Waals surface area contributed by atoms with Gasteiger partial charge in [-0.3, -0.25) is 4.99 Å². The molecule has 0 radical (unpaired) electrons.